The van der Waals surface area contributed by atoms with E-state index in [1.807, 2.05) is 31.2 Å². The predicted molar refractivity (Wildman–Crippen MR) is 97.0 cm³/mol. The maximum atomic E-state index is 13.5. The molecule has 2 N–H and O–H groups in total. The number of rotatable bonds is 5. The smallest absolute Gasteiger partial charge is 0.323 e. The number of nitrogens with zero attached hydrogens (tertiary/aromatic N) is 2. The van der Waals surface area contributed by atoms with Gasteiger partial charge < -0.3 is 15.4 Å². The maximum Gasteiger partial charge on any atom is 0.323 e. The van der Waals surface area contributed by atoms with Gasteiger partial charge in [0, 0.05) is 5.69 Å². The van der Waals surface area contributed by atoms with Gasteiger partial charge in [-0.1, -0.05) is 37.3 Å². The van der Waals surface area contributed by atoms with Gasteiger partial charge in [0.2, 0.25) is 0 Å². The van der Waals surface area contributed by atoms with E-state index in [2.05, 4.69) is 20.6 Å². The van der Waals surface area contributed by atoms with Crippen molar-refractivity contribution < 1.29 is 13.9 Å². The van der Waals surface area contributed by atoms with Crippen LogP contribution in [0.15, 0.2) is 60.9 Å². The van der Waals surface area contributed by atoms with Gasteiger partial charge in [0.15, 0.2) is 11.6 Å². The van der Waals surface area contributed by atoms with Gasteiger partial charge in [-0.2, -0.15) is 0 Å². The Kier molecular flexibility index (Phi) is 5.38. The Morgan fingerprint density at radius 3 is 2.46 bits per heavy atom. The Morgan fingerprint density at radius 2 is 1.73 bits per heavy atom. The largest absolute Gasteiger partial charge is 0.421 e. The van der Waals surface area contributed by atoms with Gasteiger partial charge in [0.05, 0.1) is 18.1 Å². The lowest BCUT2D eigenvalue weighted by Gasteiger charge is -2.11. The molecular formula is C19H17FN4O2. The highest BCUT2D eigenvalue weighted by molar-refractivity contribution is 6.00. The molecular weight excluding hydrogens is 335 g/mol. The summed E-state index contributed by atoms with van der Waals surface area (Å²) in [5, 5.41) is 5.42. The van der Waals surface area contributed by atoms with Gasteiger partial charge >= 0.3 is 12.0 Å². The number of carbonyl (C=O) groups is 1. The molecule has 0 unspecified atom stereocenters. The Bertz CT molecular complexity index is 900. The van der Waals surface area contributed by atoms with Gasteiger partial charge in [-0.25, -0.2) is 19.2 Å². The minimum Gasteiger partial charge on any atom is -0.421 e. The van der Waals surface area contributed by atoms with Crippen LogP contribution < -0.4 is 15.4 Å². The van der Waals surface area contributed by atoms with E-state index in [9.17, 15) is 9.18 Å². The van der Waals surface area contributed by atoms with E-state index in [-0.39, 0.29) is 11.8 Å². The highest BCUT2D eigenvalue weighted by Crippen LogP contribution is 2.21. The van der Waals surface area contributed by atoms with Crippen molar-refractivity contribution in [3.05, 3.63) is 72.3 Å². The Morgan fingerprint density at radius 1 is 1.04 bits per heavy atom. The highest BCUT2D eigenvalue weighted by atomic mass is 19.1. The number of benzene rings is 2. The summed E-state index contributed by atoms with van der Waals surface area (Å²) in [6, 6.07) is 13.1. The summed E-state index contributed by atoms with van der Waals surface area (Å²) in [6.45, 7) is 2.01. The average molecular weight is 352 g/mol. The molecule has 0 atom stereocenters. The number of carbonyl (C=O) groups excluding carboxylic acids is 1. The van der Waals surface area contributed by atoms with Crippen molar-refractivity contribution in [2.45, 2.75) is 13.3 Å². The average Bonchev–Trinajstić information content (AvgIpc) is 2.65. The predicted octanol–water partition coefficient (Wildman–Crippen LogP) is 4.61. The number of hydrogen-bond acceptors (Lipinski definition) is 4. The number of aromatic nitrogens is 2. The minimum absolute atomic E-state index is 0.0163. The summed E-state index contributed by atoms with van der Waals surface area (Å²) >= 11 is 0. The minimum atomic E-state index is -0.507. The second-order valence-electron chi connectivity index (χ2n) is 5.38. The van der Waals surface area contributed by atoms with Crippen LogP contribution in [0.25, 0.3) is 0 Å². The second kappa shape index (κ2) is 8.06. The molecule has 0 spiro atoms. The molecule has 0 fully saturated rings. The standard InChI is InChI=1S/C19H17FN4O2/c1-2-13-7-3-5-9-16(13)24-18(25)23-14-11-21-19(22-12-14)26-17-10-6-4-8-15(17)20/h3-12H,2H2,1H3,(H2,23,24,25). The monoisotopic (exact) mass is 352 g/mol. The molecule has 0 bridgehead atoms. The Balaban J connectivity index is 1.62. The van der Waals surface area contributed by atoms with Gasteiger partial charge in [-0.05, 0) is 30.2 Å². The van der Waals surface area contributed by atoms with Crippen LogP contribution in [0.4, 0.5) is 20.6 Å². The summed E-state index contributed by atoms with van der Waals surface area (Å²) in [7, 11) is 0. The third kappa shape index (κ3) is 4.32. The van der Waals surface area contributed by atoms with E-state index in [4.69, 9.17) is 4.74 Å². The molecule has 2 amide bonds. The highest BCUT2D eigenvalue weighted by Gasteiger charge is 2.08. The first kappa shape index (κ1) is 17.3. The fourth-order valence-electron chi connectivity index (χ4n) is 2.29. The van der Waals surface area contributed by atoms with Crippen LogP contribution in [0.1, 0.15) is 12.5 Å². The lowest BCUT2D eigenvalue weighted by molar-refractivity contribution is 0.262. The molecule has 0 aliphatic rings. The van der Waals surface area contributed by atoms with Crippen molar-refractivity contribution >= 4 is 17.4 Å². The van der Waals surface area contributed by atoms with Crippen molar-refractivity contribution in [3.8, 4) is 11.8 Å². The molecule has 2 aromatic carbocycles. The van der Waals surface area contributed by atoms with Crippen LogP contribution in [0.5, 0.6) is 11.8 Å². The first-order chi connectivity index (χ1) is 12.7. The number of anilines is 2. The molecule has 0 saturated carbocycles. The molecule has 3 aromatic rings. The van der Waals surface area contributed by atoms with Crippen molar-refractivity contribution in [3.63, 3.8) is 0 Å². The van der Waals surface area contributed by atoms with Crippen LogP contribution in [-0.4, -0.2) is 16.0 Å². The molecule has 1 heterocycles. The molecule has 3 rings (SSSR count). The lowest BCUT2D eigenvalue weighted by atomic mass is 10.1. The van der Waals surface area contributed by atoms with E-state index in [1.54, 1.807) is 12.1 Å². The van der Waals surface area contributed by atoms with Crippen LogP contribution in [0.2, 0.25) is 0 Å². The number of ether oxygens (including phenoxy) is 1. The van der Waals surface area contributed by atoms with Gasteiger partial charge in [0.1, 0.15) is 0 Å². The summed E-state index contributed by atoms with van der Waals surface area (Å²) in [5.41, 5.74) is 2.16. The lowest BCUT2D eigenvalue weighted by Crippen LogP contribution is -2.20. The fraction of sp³-hybridized carbons (Fsp3) is 0.105. The number of para-hydroxylation sites is 2. The quantitative estimate of drug-likeness (QED) is 0.703. The zero-order valence-corrected chi connectivity index (χ0v) is 14.1. The van der Waals surface area contributed by atoms with Crippen molar-refractivity contribution in [1.29, 1.82) is 0 Å². The zero-order chi connectivity index (χ0) is 18.4. The normalized spacial score (nSPS) is 10.2. The van der Waals surface area contributed by atoms with E-state index in [1.165, 1.54) is 24.5 Å². The first-order valence-corrected chi connectivity index (χ1v) is 8.06. The molecule has 132 valence electrons. The summed E-state index contributed by atoms with van der Waals surface area (Å²) in [6.07, 6.45) is 3.57. The SMILES string of the molecule is CCc1ccccc1NC(=O)Nc1cnc(Oc2ccccc2F)nc1. The van der Waals surface area contributed by atoms with Gasteiger partial charge in [-0.3, -0.25) is 0 Å². The maximum absolute atomic E-state index is 13.5. The molecule has 0 aliphatic heterocycles. The van der Waals surface area contributed by atoms with Gasteiger partial charge in [0.25, 0.3) is 0 Å². The molecule has 26 heavy (non-hydrogen) atoms. The third-order valence-electron chi connectivity index (χ3n) is 3.57. The van der Waals surface area contributed by atoms with Gasteiger partial charge in [-0.15, -0.1) is 0 Å². The van der Waals surface area contributed by atoms with E-state index < -0.39 is 11.8 Å². The zero-order valence-electron chi connectivity index (χ0n) is 14.1. The van der Waals surface area contributed by atoms with Crippen molar-refractivity contribution in [1.82, 2.24) is 9.97 Å². The summed E-state index contributed by atoms with van der Waals surface area (Å²) in [5.74, 6) is -0.477. The van der Waals surface area contributed by atoms with Crippen LogP contribution in [0, 0.1) is 5.82 Å². The van der Waals surface area contributed by atoms with Crippen molar-refractivity contribution in [2.75, 3.05) is 10.6 Å². The summed E-state index contributed by atoms with van der Waals surface area (Å²) in [4.78, 5) is 20.0. The summed E-state index contributed by atoms with van der Waals surface area (Å²) < 4.78 is 18.8. The van der Waals surface area contributed by atoms with Crippen LogP contribution in [0.3, 0.4) is 0 Å². The number of aryl methyl sites for hydroxylation is 1. The number of amides is 2. The number of urea groups is 1. The fourth-order valence-corrected chi connectivity index (χ4v) is 2.29. The molecule has 0 saturated heterocycles. The van der Waals surface area contributed by atoms with E-state index in [0.29, 0.717) is 5.69 Å². The van der Waals surface area contributed by atoms with Crippen LogP contribution >= 0.6 is 0 Å². The Labute approximate surface area is 150 Å². The van der Waals surface area contributed by atoms with Crippen LogP contribution in [-0.2, 0) is 6.42 Å². The topological polar surface area (TPSA) is 76.1 Å². The first-order valence-electron chi connectivity index (χ1n) is 8.06. The van der Waals surface area contributed by atoms with Crippen molar-refractivity contribution in [2.24, 2.45) is 0 Å². The molecule has 1 aromatic heterocycles. The van der Waals surface area contributed by atoms with E-state index >= 15 is 0 Å². The molecule has 7 heteroatoms. The molecule has 0 aliphatic carbocycles. The molecule has 0 radical (unpaired) electrons. The molecule has 6 nitrogen and oxygen atoms in total. The number of halogens is 1. The Hall–Kier alpha value is -3.48. The number of hydrogen-bond donors (Lipinski definition) is 2. The van der Waals surface area contributed by atoms with E-state index in [0.717, 1.165) is 17.7 Å². The second-order valence-corrected chi connectivity index (χ2v) is 5.38. The number of nitrogens with one attached hydrogen (secondary N) is 2. The third-order valence-corrected chi connectivity index (χ3v) is 3.57.